The molecule has 3 aromatic carbocycles. The number of carbonyl (C=O) groups is 1. The molecule has 0 aromatic heterocycles. The van der Waals surface area contributed by atoms with Gasteiger partial charge in [-0.05, 0) is 81.4 Å². The summed E-state index contributed by atoms with van der Waals surface area (Å²) in [7, 11) is 3.42. The molecule has 0 spiro atoms. The predicted octanol–water partition coefficient (Wildman–Crippen LogP) is 5.95. The van der Waals surface area contributed by atoms with Crippen LogP contribution in [0.5, 0.6) is 11.5 Å². The number of thioether (sulfide) groups is 1. The molecule has 0 aliphatic carbocycles. The molecule has 3 aromatic rings. The van der Waals surface area contributed by atoms with Gasteiger partial charge in [0.25, 0.3) is 5.91 Å². The number of halogens is 1. The molecule has 0 atom stereocenters. The zero-order chi connectivity index (χ0) is 22.7. The molecule has 1 saturated heterocycles. The minimum atomic E-state index is -0.0557. The van der Waals surface area contributed by atoms with Crippen LogP contribution >= 0.6 is 34.4 Å². The standard InChI is InChI=1S/C25H23IN2O3S/c1-4-30-21-13-16(14-22-24(29)28(3)25(27-2)32-22)12-20(26)23(21)31-15-18-10-7-9-17-8-5-6-11-19(17)18/h5-14H,4,15H2,1-3H3/b22-14-,27-25?. The first kappa shape index (κ1) is 22.7. The van der Waals surface area contributed by atoms with Gasteiger partial charge in [-0.25, -0.2) is 0 Å². The van der Waals surface area contributed by atoms with Crippen molar-refractivity contribution in [1.82, 2.24) is 4.90 Å². The maximum absolute atomic E-state index is 12.5. The molecule has 1 heterocycles. The van der Waals surface area contributed by atoms with E-state index in [1.54, 1.807) is 19.0 Å². The third-order valence-corrected chi connectivity index (χ3v) is 7.03. The van der Waals surface area contributed by atoms with E-state index < -0.39 is 0 Å². The number of hydrogen-bond donors (Lipinski definition) is 0. The highest BCUT2D eigenvalue weighted by atomic mass is 127. The molecule has 0 unspecified atom stereocenters. The second-order valence-corrected chi connectivity index (χ2v) is 9.34. The average Bonchev–Trinajstić information content (AvgIpc) is 3.06. The third-order valence-electron chi connectivity index (χ3n) is 5.08. The van der Waals surface area contributed by atoms with Gasteiger partial charge in [-0.3, -0.25) is 14.7 Å². The molecule has 5 nitrogen and oxygen atoms in total. The quantitative estimate of drug-likeness (QED) is 0.277. The van der Waals surface area contributed by atoms with E-state index in [4.69, 9.17) is 9.47 Å². The van der Waals surface area contributed by atoms with Crippen LogP contribution in [0.4, 0.5) is 0 Å². The molecule has 32 heavy (non-hydrogen) atoms. The first-order valence-electron chi connectivity index (χ1n) is 10.2. The van der Waals surface area contributed by atoms with Crippen molar-refractivity contribution in [3.8, 4) is 11.5 Å². The SMILES string of the molecule is CCOc1cc(/C=C2\SC(=NC)N(C)C2=O)cc(I)c1OCc1cccc2ccccc12. The van der Waals surface area contributed by atoms with Crippen molar-refractivity contribution < 1.29 is 14.3 Å². The van der Waals surface area contributed by atoms with Gasteiger partial charge >= 0.3 is 0 Å². The molecule has 4 rings (SSSR count). The summed E-state index contributed by atoms with van der Waals surface area (Å²) in [5, 5.41) is 3.06. The summed E-state index contributed by atoms with van der Waals surface area (Å²) in [6.07, 6.45) is 1.88. The monoisotopic (exact) mass is 558 g/mol. The molecular weight excluding hydrogens is 535 g/mol. The fourth-order valence-corrected chi connectivity index (χ4v) is 5.25. The van der Waals surface area contributed by atoms with Crippen molar-refractivity contribution in [2.75, 3.05) is 20.7 Å². The zero-order valence-corrected chi connectivity index (χ0v) is 21.1. The molecular formula is C25H23IN2O3S. The van der Waals surface area contributed by atoms with Crippen LogP contribution in [0, 0.1) is 3.57 Å². The van der Waals surface area contributed by atoms with Crippen molar-refractivity contribution in [1.29, 1.82) is 0 Å². The Balaban J connectivity index is 1.63. The van der Waals surface area contributed by atoms with Crippen LogP contribution < -0.4 is 9.47 Å². The van der Waals surface area contributed by atoms with Crippen LogP contribution in [0.2, 0.25) is 0 Å². The van der Waals surface area contributed by atoms with E-state index in [9.17, 15) is 4.79 Å². The molecule has 1 aliphatic heterocycles. The highest BCUT2D eigenvalue weighted by molar-refractivity contribution is 14.1. The summed E-state index contributed by atoms with van der Waals surface area (Å²) < 4.78 is 13.1. The number of amidine groups is 1. The van der Waals surface area contributed by atoms with Gasteiger partial charge in [0, 0.05) is 14.1 Å². The Morgan fingerprint density at radius 2 is 1.91 bits per heavy atom. The number of carbonyl (C=O) groups excluding carboxylic acids is 1. The lowest BCUT2D eigenvalue weighted by atomic mass is 10.1. The van der Waals surface area contributed by atoms with E-state index in [1.165, 1.54) is 22.5 Å². The molecule has 1 amide bonds. The summed E-state index contributed by atoms with van der Waals surface area (Å²) in [4.78, 5) is 18.9. The van der Waals surface area contributed by atoms with Gasteiger partial charge in [-0.15, -0.1) is 0 Å². The fraction of sp³-hybridized carbons (Fsp3) is 0.200. The smallest absolute Gasteiger partial charge is 0.266 e. The van der Waals surface area contributed by atoms with Crippen LogP contribution in [0.1, 0.15) is 18.1 Å². The summed E-state index contributed by atoms with van der Waals surface area (Å²) in [6.45, 7) is 2.90. The van der Waals surface area contributed by atoms with Crippen LogP contribution in [-0.4, -0.2) is 36.7 Å². The largest absolute Gasteiger partial charge is 0.490 e. The molecule has 7 heteroatoms. The van der Waals surface area contributed by atoms with Gasteiger partial charge in [0.2, 0.25) is 0 Å². The molecule has 0 radical (unpaired) electrons. The van der Waals surface area contributed by atoms with Crippen LogP contribution in [0.3, 0.4) is 0 Å². The Bertz CT molecular complexity index is 1230. The average molecular weight is 558 g/mol. The fourth-order valence-electron chi connectivity index (χ4n) is 3.54. The van der Waals surface area contributed by atoms with Crippen molar-refractivity contribution in [3.05, 3.63) is 74.2 Å². The van der Waals surface area contributed by atoms with E-state index in [0.717, 1.165) is 14.7 Å². The van der Waals surface area contributed by atoms with Crippen LogP contribution in [0.15, 0.2) is 64.5 Å². The first-order valence-corrected chi connectivity index (χ1v) is 12.1. The Morgan fingerprint density at radius 1 is 1.12 bits per heavy atom. The molecule has 0 bridgehead atoms. The van der Waals surface area contributed by atoms with Crippen LogP contribution in [0.25, 0.3) is 16.8 Å². The highest BCUT2D eigenvalue weighted by Gasteiger charge is 2.29. The highest BCUT2D eigenvalue weighted by Crippen LogP contribution is 2.38. The third kappa shape index (κ3) is 4.63. The summed E-state index contributed by atoms with van der Waals surface area (Å²) >= 11 is 3.63. The predicted molar refractivity (Wildman–Crippen MR) is 140 cm³/mol. The first-order chi connectivity index (χ1) is 15.5. The Kier molecular flexibility index (Phi) is 7.05. The van der Waals surface area contributed by atoms with Crippen molar-refractivity contribution >= 4 is 62.3 Å². The second-order valence-electron chi connectivity index (χ2n) is 7.17. The lowest BCUT2D eigenvalue weighted by Crippen LogP contribution is -2.23. The van der Waals surface area contributed by atoms with Gasteiger partial charge in [-0.1, -0.05) is 42.5 Å². The Hall–Kier alpha value is -2.52. The number of amides is 1. The van der Waals surface area contributed by atoms with Crippen molar-refractivity contribution in [3.63, 3.8) is 0 Å². The molecule has 0 saturated carbocycles. The number of benzene rings is 3. The topological polar surface area (TPSA) is 51.1 Å². The molecule has 1 aliphatic rings. The second kappa shape index (κ2) is 9.95. The summed E-state index contributed by atoms with van der Waals surface area (Å²) in [6, 6.07) is 18.4. The lowest BCUT2D eigenvalue weighted by Gasteiger charge is -2.16. The Labute approximate surface area is 205 Å². The van der Waals surface area contributed by atoms with E-state index in [-0.39, 0.29) is 5.91 Å². The summed E-state index contributed by atoms with van der Waals surface area (Å²) in [5.74, 6) is 1.32. The number of nitrogens with zero attached hydrogens (tertiary/aromatic N) is 2. The van der Waals surface area contributed by atoms with Gasteiger partial charge in [0.05, 0.1) is 15.1 Å². The van der Waals surface area contributed by atoms with Gasteiger partial charge in [0.15, 0.2) is 16.7 Å². The molecule has 1 fully saturated rings. The van der Waals surface area contributed by atoms with Gasteiger partial charge in [0.1, 0.15) is 6.61 Å². The summed E-state index contributed by atoms with van der Waals surface area (Å²) in [5.41, 5.74) is 2.01. The van der Waals surface area contributed by atoms with Gasteiger partial charge in [-0.2, -0.15) is 0 Å². The van der Waals surface area contributed by atoms with Crippen LogP contribution in [-0.2, 0) is 11.4 Å². The minimum Gasteiger partial charge on any atom is -0.490 e. The number of ether oxygens (including phenoxy) is 2. The number of hydrogen-bond acceptors (Lipinski definition) is 5. The van der Waals surface area contributed by atoms with Crippen molar-refractivity contribution in [2.45, 2.75) is 13.5 Å². The van der Waals surface area contributed by atoms with Gasteiger partial charge < -0.3 is 9.47 Å². The number of fused-ring (bicyclic) bond motifs is 1. The van der Waals surface area contributed by atoms with E-state index in [1.807, 2.05) is 43.3 Å². The molecule has 0 N–H and O–H groups in total. The minimum absolute atomic E-state index is 0.0557. The number of aliphatic imine (C=N–C) groups is 1. The maximum Gasteiger partial charge on any atom is 0.266 e. The molecule has 164 valence electrons. The number of likely N-dealkylation sites (N-methyl/N-ethyl adjacent to an activating group) is 1. The maximum atomic E-state index is 12.5. The van der Waals surface area contributed by atoms with E-state index in [2.05, 4.69) is 51.8 Å². The zero-order valence-electron chi connectivity index (χ0n) is 18.1. The van der Waals surface area contributed by atoms with Crippen molar-refractivity contribution in [2.24, 2.45) is 4.99 Å². The van der Waals surface area contributed by atoms with E-state index >= 15 is 0 Å². The normalized spacial score (nSPS) is 16.4. The number of rotatable bonds is 6. The lowest BCUT2D eigenvalue weighted by molar-refractivity contribution is -0.121. The van der Waals surface area contributed by atoms with E-state index in [0.29, 0.717) is 34.8 Å². The Morgan fingerprint density at radius 3 is 2.66 bits per heavy atom.